The van der Waals surface area contributed by atoms with E-state index in [2.05, 4.69) is 21.4 Å². The van der Waals surface area contributed by atoms with Crippen LogP contribution < -0.4 is 11.3 Å². The minimum Gasteiger partial charge on any atom is -0.271 e. The summed E-state index contributed by atoms with van der Waals surface area (Å²) < 4.78 is 0.838. The summed E-state index contributed by atoms with van der Waals surface area (Å²) in [5, 5.41) is 3.32. The van der Waals surface area contributed by atoms with E-state index in [1.54, 1.807) is 11.3 Å². The molecule has 90 valence electrons. The molecule has 0 saturated heterocycles. The monoisotopic (exact) mass is 350 g/mol. The summed E-state index contributed by atoms with van der Waals surface area (Å²) in [6.45, 7) is 0. The summed E-state index contributed by atoms with van der Waals surface area (Å²) in [4.78, 5) is 0.989. The second-order valence-electron chi connectivity index (χ2n) is 3.41. The van der Waals surface area contributed by atoms with Crippen LogP contribution in [0.2, 0.25) is 10.0 Å². The number of halogens is 3. The van der Waals surface area contributed by atoms with Crippen molar-refractivity contribution in [3.05, 3.63) is 54.6 Å². The summed E-state index contributed by atoms with van der Waals surface area (Å²) in [6.07, 6.45) is 0. The van der Waals surface area contributed by atoms with Crippen LogP contribution in [0, 0.1) is 0 Å². The van der Waals surface area contributed by atoms with Gasteiger partial charge in [-0.05, 0) is 45.1 Å². The molecule has 6 heteroatoms. The van der Waals surface area contributed by atoms with E-state index in [0.717, 1.165) is 14.9 Å². The Morgan fingerprint density at radius 2 is 2.00 bits per heavy atom. The molecule has 0 aliphatic carbocycles. The first-order chi connectivity index (χ1) is 8.13. The fourth-order valence-corrected chi connectivity index (χ4v) is 3.29. The second kappa shape index (κ2) is 5.69. The molecule has 0 aliphatic heterocycles. The second-order valence-corrected chi connectivity index (χ2v) is 6.02. The highest BCUT2D eigenvalue weighted by Crippen LogP contribution is 2.34. The molecule has 0 spiro atoms. The van der Waals surface area contributed by atoms with Gasteiger partial charge in [-0.15, -0.1) is 11.3 Å². The third-order valence-electron chi connectivity index (χ3n) is 2.35. The fraction of sp³-hybridized carbons (Fsp3) is 0.0909. The zero-order chi connectivity index (χ0) is 12.4. The van der Waals surface area contributed by atoms with Crippen LogP contribution >= 0.6 is 50.5 Å². The Kier molecular flexibility index (Phi) is 4.47. The van der Waals surface area contributed by atoms with E-state index in [1.807, 2.05) is 29.6 Å². The van der Waals surface area contributed by atoms with Crippen molar-refractivity contribution in [1.29, 1.82) is 0 Å². The van der Waals surface area contributed by atoms with Crippen molar-refractivity contribution >= 4 is 50.5 Å². The molecule has 0 amide bonds. The molecule has 3 N–H and O–H groups in total. The number of hydrogen-bond donors (Lipinski definition) is 2. The largest absolute Gasteiger partial charge is 0.271 e. The predicted molar refractivity (Wildman–Crippen MR) is 77.6 cm³/mol. The van der Waals surface area contributed by atoms with Gasteiger partial charge in [0.05, 0.1) is 16.1 Å². The van der Waals surface area contributed by atoms with Crippen molar-refractivity contribution < 1.29 is 0 Å². The number of hydrogen-bond acceptors (Lipinski definition) is 3. The van der Waals surface area contributed by atoms with Crippen LogP contribution in [0.4, 0.5) is 0 Å². The van der Waals surface area contributed by atoms with Gasteiger partial charge in [-0.25, -0.2) is 5.43 Å². The van der Waals surface area contributed by atoms with Crippen molar-refractivity contribution in [3.8, 4) is 0 Å². The van der Waals surface area contributed by atoms with E-state index in [9.17, 15) is 0 Å². The van der Waals surface area contributed by atoms with Gasteiger partial charge in [-0.2, -0.15) is 0 Å². The van der Waals surface area contributed by atoms with E-state index >= 15 is 0 Å². The van der Waals surface area contributed by atoms with Crippen molar-refractivity contribution in [2.24, 2.45) is 5.84 Å². The molecule has 2 aromatic rings. The maximum Gasteiger partial charge on any atom is 0.0817 e. The number of thiophene rings is 1. The number of nitrogens with one attached hydrogen (secondary N) is 1. The van der Waals surface area contributed by atoms with Crippen LogP contribution in [0.1, 0.15) is 16.5 Å². The fourth-order valence-electron chi connectivity index (χ4n) is 1.53. The third-order valence-corrected chi connectivity index (χ3v) is 4.99. The highest BCUT2D eigenvalue weighted by atomic mass is 79.9. The lowest BCUT2D eigenvalue weighted by Gasteiger charge is -2.16. The smallest absolute Gasteiger partial charge is 0.0817 e. The summed E-state index contributed by atoms with van der Waals surface area (Å²) in [5.41, 5.74) is 3.78. The molecule has 1 heterocycles. The molecule has 17 heavy (non-hydrogen) atoms. The van der Waals surface area contributed by atoms with Gasteiger partial charge in [0.15, 0.2) is 0 Å². The van der Waals surface area contributed by atoms with Crippen LogP contribution in [-0.4, -0.2) is 0 Å². The Morgan fingerprint density at radius 3 is 2.53 bits per heavy atom. The van der Waals surface area contributed by atoms with Gasteiger partial charge in [0.1, 0.15) is 0 Å². The Labute approximate surface area is 122 Å². The Hall–Kier alpha value is -0.100. The van der Waals surface area contributed by atoms with E-state index in [1.165, 1.54) is 0 Å². The maximum absolute atomic E-state index is 6.11. The zero-order valence-corrected chi connectivity index (χ0v) is 12.5. The van der Waals surface area contributed by atoms with Gasteiger partial charge in [0, 0.05) is 9.35 Å². The quantitative estimate of drug-likeness (QED) is 0.636. The first-order valence-electron chi connectivity index (χ1n) is 4.77. The summed E-state index contributed by atoms with van der Waals surface area (Å²) in [6, 6.07) is 7.41. The average Bonchev–Trinajstić information content (AvgIpc) is 2.71. The standard InChI is InChI=1S/C11H9BrCl2N2S/c12-7-5-6(1-2-8(7)13)10(16-15)11-9(14)3-4-17-11/h1-5,10,16H,15H2. The molecular weight excluding hydrogens is 343 g/mol. The highest BCUT2D eigenvalue weighted by Gasteiger charge is 2.17. The van der Waals surface area contributed by atoms with E-state index in [0.29, 0.717) is 10.0 Å². The third kappa shape index (κ3) is 2.84. The Morgan fingerprint density at radius 1 is 1.24 bits per heavy atom. The molecule has 2 nitrogen and oxygen atoms in total. The van der Waals surface area contributed by atoms with E-state index in [-0.39, 0.29) is 6.04 Å². The summed E-state index contributed by atoms with van der Waals surface area (Å²) in [5.74, 6) is 5.60. The molecule has 0 fully saturated rings. The molecule has 1 atom stereocenters. The molecule has 0 radical (unpaired) electrons. The van der Waals surface area contributed by atoms with Crippen LogP contribution in [0.3, 0.4) is 0 Å². The molecule has 1 aromatic carbocycles. The van der Waals surface area contributed by atoms with Crippen molar-refractivity contribution in [1.82, 2.24) is 5.43 Å². The molecule has 0 bridgehead atoms. The minimum absolute atomic E-state index is 0.129. The van der Waals surface area contributed by atoms with E-state index in [4.69, 9.17) is 29.0 Å². The van der Waals surface area contributed by atoms with E-state index < -0.39 is 0 Å². The predicted octanol–water partition coefficient (Wildman–Crippen LogP) is 4.37. The van der Waals surface area contributed by atoms with Crippen molar-refractivity contribution in [3.63, 3.8) is 0 Å². The SMILES string of the molecule is NNC(c1ccc(Cl)c(Br)c1)c1sccc1Cl. The Balaban J connectivity index is 2.42. The van der Waals surface area contributed by atoms with Gasteiger partial charge in [0.2, 0.25) is 0 Å². The molecule has 0 saturated carbocycles. The molecule has 1 unspecified atom stereocenters. The number of benzene rings is 1. The first-order valence-corrected chi connectivity index (χ1v) is 7.20. The highest BCUT2D eigenvalue weighted by molar-refractivity contribution is 9.10. The average molecular weight is 352 g/mol. The number of nitrogens with two attached hydrogens (primary N) is 1. The molecule has 1 aromatic heterocycles. The van der Waals surface area contributed by atoms with Crippen LogP contribution in [0.5, 0.6) is 0 Å². The van der Waals surface area contributed by atoms with Gasteiger partial charge >= 0.3 is 0 Å². The first kappa shape index (κ1) is 13.3. The van der Waals surface area contributed by atoms with Gasteiger partial charge in [-0.1, -0.05) is 29.3 Å². The lowest BCUT2D eigenvalue weighted by molar-refractivity contribution is 0.646. The van der Waals surface area contributed by atoms with Crippen molar-refractivity contribution in [2.45, 2.75) is 6.04 Å². The topological polar surface area (TPSA) is 38.0 Å². The summed E-state index contributed by atoms with van der Waals surface area (Å²) in [7, 11) is 0. The van der Waals surface area contributed by atoms with Gasteiger partial charge in [0.25, 0.3) is 0 Å². The molecule has 0 aliphatic rings. The maximum atomic E-state index is 6.11. The van der Waals surface area contributed by atoms with Crippen molar-refractivity contribution in [2.75, 3.05) is 0 Å². The summed E-state index contributed by atoms with van der Waals surface area (Å²) >= 11 is 17.0. The van der Waals surface area contributed by atoms with Crippen LogP contribution in [0.25, 0.3) is 0 Å². The minimum atomic E-state index is -0.129. The number of rotatable bonds is 3. The Bertz CT molecular complexity index is 530. The van der Waals surface area contributed by atoms with Crippen LogP contribution in [-0.2, 0) is 0 Å². The number of hydrazine groups is 1. The van der Waals surface area contributed by atoms with Gasteiger partial charge in [-0.3, -0.25) is 5.84 Å². The lowest BCUT2D eigenvalue weighted by atomic mass is 10.1. The van der Waals surface area contributed by atoms with Gasteiger partial charge < -0.3 is 0 Å². The molecule has 2 rings (SSSR count). The zero-order valence-electron chi connectivity index (χ0n) is 8.58. The normalized spacial score (nSPS) is 12.7. The molecular formula is C11H9BrCl2N2S. The lowest BCUT2D eigenvalue weighted by Crippen LogP contribution is -2.28. The van der Waals surface area contributed by atoms with Crippen LogP contribution in [0.15, 0.2) is 34.1 Å².